The van der Waals surface area contributed by atoms with E-state index in [9.17, 15) is 0 Å². The number of nitrogens with one attached hydrogen (secondary N) is 1. The molecule has 0 spiro atoms. The van der Waals surface area contributed by atoms with Crippen molar-refractivity contribution in [2.24, 2.45) is 0 Å². The minimum atomic E-state index is 0.232. The molecule has 1 N–H and O–H groups in total. The van der Waals surface area contributed by atoms with E-state index in [2.05, 4.69) is 25.4 Å². The summed E-state index contributed by atoms with van der Waals surface area (Å²) in [6.07, 6.45) is 3.30. The highest BCUT2D eigenvalue weighted by Crippen LogP contribution is 2.29. The predicted octanol–water partition coefficient (Wildman–Crippen LogP) is 4.79. The van der Waals surface area contributed by atoms with Gasteiger partial charge in [0.05, 0.1) is 10.0 Å². The molecular weight excluding hydrogens is 273 g/mol. The first kappa shape index (κ1) is 15.2. The summed E-state index contributed by atoms with van der Waals surface area (Å²) in [4.78, 5) is 0. The molecule has 0 amide bonds. The van der Waals surface area contributed by atoms with Gasteiger partial charge in [0, 0.05) is 11.3 Å². The minimum Gasteiger partial charge on any atom is -0.310 e. The average Bonchev–Trinajstić information content (AvgIpc) is 2.32. The molecule has 0 fully saturated rings. The number of benzene rings is 1. The van der Waals surface area contributed by atoms with Crippen LogP contribution in [0.4, 0.5) is 0 Å². The van der Waals surface area contributed by atoms with Crippen molar-refractivity contribution in [3.8, 4) is 0 Å². The summed E-state index contributed by atoms with van der Waals surface area (Å²) >= 11 is 14.1. The van der Waals surface area contributed by atoms with Crippen LogP contribution in [0, 0.1) is 0 Å². The van der Waals surface area contributed by atoms with Crippen molar-refractivity contribution in [1.82, 2.24) is 5.32 Å². The van der Waals surface area contributed by atoms with Crippen molar-refractivity contribution < 1.29 is 0 Å². The van der Waals surface area contributed by atoms with Crippen LogP contribution in [-0.2, 0) is 0 Å². The van der Waals surface area contributed by atoms with Gasteiger partial charge in [-0.2, -0.15) is 11.8 Å². The SMILES string of the molecule is CSC(C)CCNC(C)c1cccc(Cl)c1Cl. The summed E-state index contributed by atoms with van der Waals surface area (Å²) in [5.41, 5.74) is 1.07. The van der Waals surface area contributed by atoms with Gasteiger partial charge in [-0.3, -0.25) is 0 Å². The first-order valence-corrected chi connectivity index (χ1v) is 7.80. The van der Waals surface area contributed by atoms with E-state index in [-0.39, 0.29) is 6.04 Å². The molecule has 0 aliphatic carbocycles. The first-order chi connectivity index (χ1) is 8.06. The maximum Gasteiger partial charge on any atom is 0.0639 e. The van der Waals surface area contributed by atoms with E-state index in [0.717, 1.165) is 18.5 Å². The Morgan fingerprint density at radius 2 is 2.00 bits per heavy atom. The summed E-state index contributed by atoms with van der Waals surface area (Å²) < 4.78 is 0. The molecule has 1 rings (SSSR count). The molecule has 0 saturated carbocycles. The van der Waals surface area contributed by atoms with Crippen LogP contribution in [0.15, 0.2) is 18.2 Å². The molecule has 0 heterocycles. The van der Waals surface area contributed by atoms with Gasteiger partial charge in [0.2, 0.25) is 0 Å². The molecule has 0 bridgehead atoms. The third-order valence-electron chi connectivity index (χ3n) is 2.85. The van der Waals surface area contributed by atoms with Crippen LogP contribution in [0.3, 0.4) is 0 Å². The highest BCUT2D eigenvalue weighted by Gasteiger charge is 2.11. The van der Waals surface area contributed by atoms with Gasteiger partial charge in [0.25, 0.3) is 0 Å². The molecule has 96 valence electrons. The summed E-state index contributed by atoms with van der Waals surface area (Å²) in [6.45, 7) is 5.34. The number of halogens is 2. The van der Waals surface area contributed by atoms with E-state index in [0.29, 0.717) is 15.3 Å². The Bertz CT molecular complexity index is 357. The monoisotopic (exact) mass is 291 g/mol. The fraction of sp³-hybridized carbons (Fsp3) is 0.538. The molecule has 1 aromatic carbocycles. The molecular formula is C13H19Cl2NS. The lowest BCUT2D eigenvalue weighted by Gasteiger charge is -2.17. The second kappa shape index (κ2) is 7.52. The number of thioether (sulfide) groups is 1. The lowest BCUT2D eigenvalue weighted by Crippen LogP contribution is -2.22. The molecule has 4 heteroatoms. The van der Waals surface area contributed by atoms with Gasteiger partial charge in [-0.1, -0.05) is 42.3 Å². The molecule has 0 aromatic heterocycles. The molecule has 1 nitrogen and oxygen atoms in total. The van der Waals surface area contributed by atoms with E-state index < -0.39 is 0 Å². The largest absolute Gasteiger partial charge is 0.310 e. The second-order valence-electron chi connectivity index (χ2n) is 4.15. The van der Waals surface area contributed by atoms with Crippen molar-refractivity contribution in [3.05, 3.63) is 33.8 Å². The topological polar surface area (TPSA) is 12.0 Å². The highest BCUT2D eigenvalue weighted by molar-refractivity contribution is 7.99. The van der Waals surface area contributed by atoms with Gasteiger partial charge < -0.3 is 5.32 Å². The van der Waals surface area contributed by atoms with Crippen LogP contribution in [0.1, 0.15) is 31.9 Å². The van der Waals surface area contributed by atoms with E-state index in [4.69, 9.17) is 23.2 Å². The quantitative estimate of drug-likeness (QED) is 0.809. The molecule has 0 aliphatic rings. The highest BCUT2D eigenvalue weighted by atomic mass is 35.5. The second-order valence-corrected chi connectivity index (χ2v) is 6.22. The maximum absolute atomic E-state index is 6.18. The summed E-state index contributed by atoms with van der Waals surface area (Å²) in [5.74, 6) is 0. The average molecular weight is 292 g/mol. The van der Waals surface area contributed by atoms with Gasteiger partial charge in [0.1, 0.15) is 0 Å². The first-order valence-electron chi connectivity index (χ1n) is 5.76. The van der Waals surface area contributed by atoms with Crippen molar-refractivity contribution in [2.75, 3.05) is 12.8 Å². The van der Waals surface area contributed by atoms with E-state index in [1.807, 2.05) is 30.0 Å². The Hall–Kier alpha value is 0.110. The van der Waals surface area contributed by atoms with E-state index >= 15 is 0 Å². The van der Waals surface area contributed by atoms with Crippen LogP contribution in [0.2, 0.25) is 10.0 Å². The lowest BCUT2D eigenvalue weighted by molar-refractivity contribution is 0.558. The Labute approximate surface area is 118 Å². The lowest BCUT2D eigenvalue weighted by atomic mass is 10.1. The fourth-order valence-electron chi connectivity index (χ4n) is 1.59. The van der Waals surface area contributed by atoms with Crippen LogP contribution in [0.5, 0.6) is 0 Å². The molecule has 2 atom stereocenters. The van der Waals surface area contributed by atoms with Crippen molar-refractivity contribution in [1.29, 1.82) is 0 Å². The standard InChI is InChI=1S/C13H19Cl2NS/c1-9(17-3)7-8-16-10(2)11-5-4-6-12(14)13(11)15/h4-6,9-10,16H,7-8H2,1-3H3. The smallest absolute Gasteiger partial charge is 0.0639 e. The Morgan fingerprint density at radius 1 is 1.29 bits per heavy atom. The Morgan fingerprint density at radius 3 is 2.65 bits per heavy atom. The zero-order valence-corrected chi connectivity index (χ0v) is 12.8. The van der Waals surface area contributed by atoms with Gasteiger partial charge in [0.15, 0.2) is 0 Å². The van der Waals surface area contributed by atoms with Crippen LogP contribution >= 0.6 is 35.0 Å². The van der Waals surface area contributed by atoms with E-state index in [1.54, 1.807) is 0 Å². The Balaban J connectivity index is 2.52. The van der Waals surface area contributed by atoms with Gasteiger partial charge in [-0.15, -0.1) is 0 Å². The zero-order chi connectivity index (χ0) is 12.8. The van der Waals surface area contributed by atoms with Crippen molar-refractivity contribution in [3.63, 3.8) is 0 Å². The van der Waals surface area contributed by atoms with E-state index in [1.165, 1.54) is 0 Å². The van der Waals surface area contributed by atoms with Crippen LogP contribution < -0.4 is 5.32 Å². The van der Waals surface area contributed by atoms with Crippen LogP contribution in [0.25, 0.3) is 0 Å². The summed E-state index contributed by atoms with van der Waals surface area (Å²) in [5, 5.41) is 5.44. The van der Waals surface area contributed by atoms with Crippen LogP contribution in [-0.4, -0.2) is 18.1 Å². The maximum atomic E-state index is 6.18. The molecule has 2 unspecified atom stereocenters. The predicted molar refractivity (Wildman–Crippen MR) is 80.5 cm³/mol. The minimum absolute atomic E-state index is 0.232. The van der Waals surface area contributed by atoms with Crippen molar-refractivity contribution in [2.45, 2.75) is 31.6 Å². The molecule has 0 radical (unpaired) electrons. The van der Waals surface area contributed by atoms with Gasteiger partial charge in [-0.25, -0.2) is 0 Å². The third kappa shape index (κ3) is 4.70. The van der Waals surface area contributed by atoms with Crippen molar-refractivity contribution >= 4 is 35.0 Å². The normalized spacial score (nSPS) is 14.6. The van der Waals surface area contributed by atoms with Gasteiger partial charge >= 0.3 is 0 Å². The van der Waals surface area contributed by atoms with Gasteiger partial charge in [-0.05, 0) is 37.8 Å². The molecule has 0 saturated heterocycles. The molecule has 1 aromatic rings. The molecule has 0 aliphatic heterocycles. The summed E-state index contributed by atoms with van der Waals surface area (Å²) in [6, 6.07) is 6.00. The number of rotatable bonds is 6. The summed E-state index contributed by atoms with van der Waals surface area (Å²) in [7, 11) is 0. The number of hydrogen-bond acceptors (Lipinski definition) is 2. The molecule has 17 heavy (non-hydrogen) atoms. The number of hydrogen-bond donors (Lipinski definition) is 1. The Kier molecular flexibility index (Phi) is 6.71. The third-order valence-corrected chi connectivity index (χ3v) is 4.73. The fourth-order valence-corrected chi connectivity index (χ4v) is 2.41. The zero-order valence-electron chi connectivity index (χ0n) is 10.5.